The molecule has 3 aromatic carbocycles. The van der Waals surface area contributed by atoms with Crippen molar-refractivity contribution in [2.75, 3.05) is 0 Å². The highest BCUT2D eigenvalue weighted by Crippen LogP contribution is 2.39. The van der Waals surface area contributed by atoms with Crippen LogP contribution in [0, 0.1) is 6.42 Å². The molecule has 0 aliphatic carbocycles. The zero-order chi connectivity index (χ0) is 25.4. The average Bonchev–Trinajstić information content (AvgIpc) is 2.83. The number of rotatable bonds is 6. The zero-order valence-electron chi connectivity index (χ0n) is 18.0. The number of sulfone groups is 1. The summed E-state index contributed by atoms with van der Waals surface area (Å²) in [6.45, 7) is 1.41. The maximum absolute atomic E-state index is 13.5. The van der Waals surface area contributed by atoms with Gasteiger partial charge in [0.2, 0.25) is 15.3 Å². The Morgan fingerprint density at radius 3 is 2.37 bits per heavy atom. The molecule has 5 nitrogen and oxygen atoms in total. The van der Waals surface area contributed by atoms with Crippen LogP contribution in [0.1, 0.15) is 12.5 Å². The van der Waals surface area contributed by atoms with Crippen molar-refractivity contribution < 1.29 is 30.7 Å². The molecule has 181 valence electrons. The summed E-state index contributed by atoms with van der Waals surface area (Å²) in [5.74, 6) is -0.566. The Hall–Kier alpha value is -3.30. The van der Waals surface area contributed by atoms with Gasteiger partial charge < -0.3 is 9.15 Å². The van der Waals surface area contributed by atoms with Gasteiger partial charge in [0.1, 0.15) is 11.5 Å². The lowest BCUT2D eigenvalue weighted by Crippen LogP contribution is -2.28. The fourth-order valence-corrected chi connectivity index (χ4v) is 5.06. The number of benzene rings is 3. The number of para-hydroxylation sites is 1. The minimum absolute atomic E-state index is 0.0398. The predicted molar refractivity (Wildman–Crippen MR) is 126 cm³/mol. The van der Waals surface area contributed by atoms with Crippen molar-refractivity contribution >= 4 is 32.4 Å². The smallest absolute Gasteiger partial charge is 0.416 e. The molecule has 0 saturated carbocycles. The summed E-state index contributed by atoms with van der Waals surface area (Å²) in [7, 11) is -4.12. The Morgan fingerprint density at radius 1 is 1.00 bits per heavy atom. The zero-order valence-corrected chi connectivity index (χ0v) is 19.6. The van der Waals surface area contributed by atoms with Crippen LogP contribution in [-0.4, -0.2) is 13.9 Å². The van der Waals surface area contributed by atoms with Gasteiger partial charge in [0, 0.05) is 12.5 Å². The molecular weight excluding hydrogens is 505 g/mol. The first-order valence-corrected chi connectivity index (χ1v) is 12.1. The lowest BCUT2D eigenvalue weighted by molar-refractivity contribution is -0.137. The first-order chi connectivity index (χ1) is 16.5. The SMILES string of the molecule is C[CH]C(Oc1cc(C(F)(F)F)ccc1-c1cc(=O)c2cccc(Cl)c2o1)S(=O)(=O)c1ccccc1. The molecule has 1 unspecified atom stereocenters. The van der Waals surface area contributed by atoms with Crippen molar-refractivity contribution in [2.45, 2.75) is 23.4 Å². The molecule has 1 radical (unpaired) electrons. The van der Waals surface area contributed by atoms with Crippen molar-refractivity contribution in [1.29, 1.82) is 0 Å². The molecule has 1 aromatic heterocycles. The van der Waals surface area contributed by atoms with E-state index in [0.29, 0.717) is 6.07 Å². The lowest BCUT2D eigenvalue weighted by atomic mass is 10.1. The van der Waals surface area contributed by atoms with E-state index in [9.17, 15) is 26.4 Å². The molecule has 1 atom stereocenters. The molecule has 0 saturated heterocycles. The molecule has 10 heteroatoms. The molecule has 0 spiro atoms. The van der Waals surface area contributed by atoms with Gasteiger partial charge in [-0.3, -0.25) is 4.79 Å². The van der Waals surface area contributed by atoms with Crippen LogP contribution in [0.5, 0.6) is 5.75 Å². The van der Waals surface area contributed by atoms with Gasteiger partial charge in [-0.05, 0) is 42.5 Å². The van der Waals surface area contributed by atoms with Crippen molar-refractivity contribution in [2.24, 2.45) is 0 Å². The number of fused-ring (bicyclic) bond motifs is 1. The maximum atomic E-state index is 13.5. The van der Waals surface area contributed by atoms with Crippen LogP contribution >= 0.6 is 11.6 Å². The fourth-order valence-electron chi connectivity index (χ4n) is 3.46. The third-order valence-electron chi connectivity index (χ3n) is 5.17. The molecule has 0 N–H and O–H groups in total. The second-order valence-corrected chi connectivity index (χ2v) is 9.91. The number of alkyl halides is 3. The van der Waals surface area contributed by atoms with Crippen LogP contribution < -0.4 is 10.2 Å². The standard InChI is InChI=1S/C25H17ClF3O5S/c1-2-23(35(31,32)16-7-4-3-5-8-16)33-21-13-15(25(27,28)29)11-12-18(21)22-14-20(30)17-9-6-10-19(26)24(17)34-22/h2-14,23H,1H3. The monoisotopic (exact) mass is 521 g/mol. The quantitative estimate of drug-likeness (QED) is 0.288. The summed E-state index contributed by atoms with van der Waals surface area (Å²) >= 11 is 6.15. The second kappa shape index (κ2) is 9.39. The number of halogens is 4. The van der Waals surface area contributed by atoms with Crippen LogP contribution in [0.25, 0.3) is 22.3 Å². The van der Waals surface area contributed by atoms with Crippen LogP contribution in [0.15, 0.2) is 86.9 Å². The van der Waals surface area contributed by atoms with E-state index in [-0.39, 0.29) is 32.2 Å². The highest BCUT2D eigenvalue weighted by Gasteiger charge is 2.34. The van der Waals surface area contributed by atoms with E-state index in [4.69, 9.17) is 20.8 Å². The first kappa shape index (κ1) is 24.8. The first-order valence-electron chi connectivity index (χ1n) is 10.2. The number of hydrogen-bond acceptors (Lipinski definition) is 5. The van der Waals surface area contributed by atoms with Crippen molar-refractivity contribution in [3.05, 3.63) is 100 Å². The summed E-state index contributed by atoms with van der Waals surface area (Å²) in [6.07, 6.45) is -3.52. The molecule has 0 amide bonds. The highest BCUT2D eigenvalue weighted by molar-refractivity contribution is 7.92. The van der Waals surface area contributed by atoms with E-state index < -0.39 is 38.2 Å². The van der Waals surface area contributed by atoms with Gasteiger partial charge in [0.15, 0.2) is 11.0 Å². The average molecular weight is 522 g/mol. The highest BCUT2D eigenvalue weighted by atomic mass is 35.5. The van der Waals surface area contributed by atoms with Crippen LogP contribution in [0.3, 0.4) is 0 Å². The van der Waals surface area contributed by atoms with Gasteiger partial charge >= 0.3 is 6.18 Å². The number of ether oxygens (including phenoxy) is 1. The summed E-state index contributed by atoms with van der Waals surface area (Å²) < 4.78 is 78.0. The third kappa shape index (κ3) is 4.92. The molecule has 4 rings (SSSR count). The Kier molecular flexibility index (Phi) is 6.66. The van der Waals surface area contributed by atoms with E-state index in [1.807, 2.05) is 0 Å². The Balaban J connectivity index is 1.89. The predicted octanol–water partition coefficient (Wildman–Crippen LogP) is 6.54. The van der Waals surface area contributed by atoms with Gasteiger partial charge in [-0.2, -0.15) is 13.2 Å². The Labute approximate surface area is 203 Å². The molecule has 35 heavy (non-hydrogen) atoms. The van der Waals surface area contributed by atoms with Gasteiger partial charge in [-0.25, -0.2) is 8.42 Å². The third-order valence-corrected chi connectivity index (χ3v) is 7.38. The summed E-state index contributed by atoms with van der Waals surface area (Å²) in [5, 5.41) is 0.310. The number of hydrogen-bond donors (Lipinski definition) is 0. The van der Waals surface area contributed by atoms with Crippen molar-refractivity contribution in [3.63, 3.8) is 0 Å². The molecule has 0 bridgehead atoms. The molecule has 0 aliphatic rings. The molecule has 4 aromatic rings. The fraction of sp³-hybridized carbons (Fsp3) is 0.120. The van der Waals surface area contributed by atoms with Crippen LogP contribution in [-0.2, 0) is 16.0 Å². The lowest BCUT2D eigenvalue weighted by Gasteiger charge is -2.21. The second-order valence-electron chi connectivity index (χ2n) is 7.48. The van der Waals surface area contributed by atoms with Gasteiger partial charge in [0.25, 0.3) is 0 Å². The Morgan fingerprint density at radius 2 is 1.71 bits per heavy atom. The van der Waals surface area contributed by atoms with E-state index in [1.165, 1.54) is 49.7 Å². The largest absolute Gasteiger partial charge is 0.473 e. The van der Waals surface area contributed by atoms with Crippen LogP contribution in [0.2, 0.25) is 5.02 Å². The van der Waals surface area contributed by atoms with E-state index in [1.54, 1.807) is 12.1 Å². The van der Waals surface area contributed by atoms with E-state index in [2.05, 4.69) is 0 Å². The van der Waals surface area contributed by atoms with Crippen molar-refractivity contribution in [1.82, 2.24) is 0 Å². The van der Waals surface area contributed by atoms with E-state index >= 15 is 0 Å². The van der Waals surface area contributed by atoms with Crippen LogP contribution in [0.4, 0.5) is 13.2 Å². The van der Waals surface area contributed by atoms with Crippen molar-refractivity contribution in [3.8, 4) is 17.1 Å². The molecule has 0 fully saturated rings. The summed E-state index contributed by atoms with van der Waals surface area (Å²) in [6, 6.07) is 15.5. The van der Waals surface area contributed by atoms with Gasteiger partial charge in [-0.15, -0.1) is 0 Å². The molecule has 1 heterocycles. The van der Waals surface area contributed by atoms with E-state index in [0.717, 1.165) is 18.2 Å². The summed E-state index contributed by atoms with van der Waals surface area (Å²) in [5.41, 5.74) is -3.18. The topological polar surface area (TPSA) is 73.6 Å². The minimum atomic E-state index is -4.73. The Bertz CT molecular complexity index is 1550. The minimum Gasteiger partial charge on any atom is -0.473 e. The van der Waals surface area contributed by atoms with Gasteiger partial charge in [0.05, 0.1) is 26.4 Å². The molecule has 0 aliphatic heterocycles. The molecular formula is C25H17ClF3O5S. The normalized spacial score (nSPS) is 13.1. The van der Waals surface area contributed by atoms with Gasteiger partial charge in [-0.1, -0.05) is 42.8 Å². The maximum Gasteiger partial charge on any atom is 0.416 e. The summed E-state index contributed by atoms with van der Waals surface area (Å²) in [4.78, 5) is 12.6.